The maximum absolute atomic E-state index is 5.68. The van der Waals surface area contributed by atoms with Crippen LogP contribution in [-0.2, 0) is 5.75 Å². The number of aromatic nitrogens is 2. The molecule has 72 valence electrons. The van der Waals surface area contributed by atoms with E-state index in [-0.39, 0.29) is 0 Å². The highest BCUT2D eigenvalue weighted by Crippen LogP contribution is 2.22. The Morgan fingerprint density at radius 1 is 1.36 bits per heavy atom. The first kappa shape index (κ1) is 9.08. The second-order valence-electron chi connectivity index (χ2n) is 2.63. The molecule has 0 aliphatic heterocycles. The molecule has 4 nitrogen and oxygen atoms in total. The number of anilines is 1. The summed E-state index contributed by atoms with van der Waals surface area (Å²) in [4.78, 5) is 7.99. The van der Waals surface area contributed by atoms with E-state index in [9.17, 15) is 0 Å². The molecule has 0 saturated carbocycles. The second kappa shape index (κ2) is 4.15. The van der Waals surface area contributed by atoms with Gasteiger partial charge in [-0.1, -0.05) is 17.8 Å². The standard InChI is InChI=1S/C9H9N3OS/c10-8-7(2-1-3-11-8)6-14-9-12-4-5-13-9/h1-5H,6H2,(H2,10,11). The van der Waals surface area contributed by atoms with Crippen LogP contribution in [0.1, 0.15) is 5.56 Å². The number of oxazole rings is 1. The van der Waals surface area contributed by atoms with Crippen molar-refractivity contribution in [2.75, 3.05) is 5.73 Å². The Bertz CT molecular complexity index is 402. The maximum atomic E-state index is 5.68. The minimum absolute atomic E-state index is 0.562. The van der Waals surface area contributed by atoms with Gasteiger partial charge in [0.1, 0.15) is 12.1 Å². The molecule has 0 spiro atoms. The van der Waals surface area contributed by atoms with Crippen molar-refractivity contribution >= 4 is 17.6 Å². The van der Waals surface area contributed by atoms with Crippen molar-refractivity contribution in [1.29, 1.82) is 0 Å². The Hall–Kier alpha value is -1.49. The predicted octanol–water partition coefficient (Wildman–Crippen LogP) is 1.94. The SMILES string of the molecule is Nc1ncccc1CSc1ncco1. The van der Waals surface area contributed by atoms with E-state index in [1.54, 1.807) is 18.7 Å². The first-order valence-electron chi connectivity index (χ1n) is 4.08. The molecule has 0 saturated heterocycles. The molecule has 2 aromatic heterocycles. The molecule has 0 aromatic carbocycles. The predicted molar refractivity (Wildman–Crippen MR) is 54.7 cm³/mol. The minimum atomic E-state index is 0.562. The minimum Gasteiger partial charge on any atom is -0.440 e. The Morgan fingerprint density at radius 2 is 2.29 bits per heavy atom. The highest BCUT2D eigenvalue weighted by Gasteiger charge is 2.02. The number of thioether (sulfide) groups is 1. The average Bonchev–Trinajstić information content (AvgIpc) is 2.69. The topological polar surface area (TPSA) is 64.9 Å². The van der Waals surface area contributed by atoms with Crippen LogP contribution in [0.3, 0.4) is 0 Å². The molecule has 0 amide bonds. The number of hydrogen-bond donors (Lipinski definition) is 1. The lowest BCUT2D eigenvalue weighted by molar-refractivity contribution is 0.454. The molecule has 2 aromatic rings. The van der Waals surface area contributed by atoms with Crippen molar-refractivity contribution < 1.29 is 4.42 Å². The van der Waals surface area contributed by atoms with Gasteiger partial charge in [0.25, 0.3) is 5.22 Å². The molecule has 0 bridgehead atoms. The van der Waals surface area contributed by atoms with E-state index in [0.29, 0.717) is 11.0 Å². The third-order valence-electron chi connectivity index (χ3n) is 1.69. The molecule has 0 aliphatic rings. The van der Waals surface area contributed by atoms with Crippen LogP contribution in [0.2, 0.25) is 0 Å². The number of hydrogen-bond acceptors (Lipinski definition) is 5. The lowest BCUT2D eigenvalue weighted by Gasteiger charge is -2.00. The number of nitrogens with zero attached hydrogens (tertiary/aromatic N) is 2. The summed E-state index contributed by atoms with van der Waals surface area (Å²) in [6.07, 6.45) is 4.85. The molecule has 0 atom stereocenters. The third kappa shape index (κ3) is 2.05. The van der Waals surface area contributed by atoms with Gasteiger partial charge in [0.05, 0.1) is 6.20 Å². The number of nitrogens with two attached hydrogens (primary N) is 1. The zero-order valence-electron chi connectivity index (χ0n) is 7.38. The zero-order chi connectivity index (χ0) is 9.80. The average molecular weight is 207 g/mol. The molecule has 2 heterocycles. The fraction of sp³-hybridized carbons (Fsp3) is 0.111. The Morgan fingerprint density at radius 3 is 3.00 bits per heavy atom. The van der Waals surface area contributed by atoms with E-state index in [1.807, 2.05) is 12.1 Å². The fourth-order valence-electron chi connectivity index (χ4n) is 0.994. The normalized spacial score (nSPS) is 10.3. The highest BCUT2D eigenvalue weighted by atomic mass is 32.2. The van der Waals surface area contributed by atoms with Gasteiger partial charge in [-0.2, -0.15) is 0 Å². The Kier molecular flexibility index (Phi) is 2.69. The highest BCUT2D eigenvalue weighted by molar-refractivity contribution is 7.98. The third-order valence-corrected chi connectivity index (χ3v) is 2.59. The van der Waals surface area contributed by atoms with Gasteiger partial charge in [-0.05, 0) is 6.07 Å². The Labute approximate surface area is 85.6 Å². The fourth-order valence-corrected chi connectivity index (χ4v) is 1.78. The molecule has 2 N–H and O–H groups in total. The van der Waals surface area contributed by atoms with E-state index in [1.165, 1.54) is 11.8 Å². The van der Waals surface area contributed by atoms with Crippen molar-refractivity contribution in [2.24, 2.45) is 0 Å². The summed E-state index contributed by atoms with van der Waals surface area (Å²) < 4.78 is 5.09. The summed E-state index contributed by atoms with van der Waals surface area (Å²) >= 11 is 1.50. The van der Waals surface area contributed by atoms with E-state index >= 15 is 0 Å². The van der Waals surface area contributed by atoms with E-state index in [2.05, 4.69) is 9.97 Å². The molecular formula is C9H9N3OS. The number of nitrogen functional groups attached to an aromatic ring is 1. The van der Waals surface area contributed by atoms with Crippen LogP contribution in [0, 0.1) is 0 Å². The van der Waals surface area contributed by atoms with Crippen molar-refractivity contribution in [1.82, 2.24) is 9.97 Å². The van der Waals surface area contributed by atoms with Crippen molar-refractivity contribution in [3.05, 3.63) is 36.4 Å². The summed E-state index contributed by atoms with van der Waals surface area (Å²) in [5.74, 6) is 1.28. The van der Waals surface area contributed by atoms with Crippen LogP contribution in [0.5, 0.6) is 0 Å². The number of rotatable bonds is 3. The van der Waals surface area contributed by atoms with E-state index < -0.39 is 0 Å². The van der Waals surface area contributed by atoms with Crippen LogP contribution < -0.4 is 5.73 Å². The van der Waals surface area contributed by atoms with Crippen molar-refractivity contribution in [3.63, 3.8) is 0 Å². The smallest absolute Gasteiger partial charge is 0.255 e. The van der Waals surface area contributed by atoms with Crippen LogP contribution in [0.25, 0.3) is 0 Å². The monoisotopic (exact) mass is 207 g/mol. The maximum Gasteiger partial charge on any atom is 0.255 e. The van der Waals surface area contributed by atoms with Crippen LogP contribution in [0.4, 0.5) is 5.82 Å². The molecule has 14 heavy (non-hydrogen) atoms. The lowest BCUT2D eigenvalue weighted by Crippen LogP contribution is -1.94. The van der Waals surface area contributed by atoms with Crippen LogP contribution in [0.15, 0.2) is 40.4 Å². The van der Waals surface area contributed by atoms with Crippen LogP contribution in [-0.4, -0.2) is 9.97 Å². The Balaban J connectivity index is 2.02. The summed E-state index contributed by atoms with van der Waals surface area (Å²) in [5.41, 5.74) is 6.68. The van der Waals surface area contributed by atoms with Gasteiger partial charge in [0.2, 0.25) is 0 Å². The lowest BCUT2D eigenvalue weighted by atomic mass is 10.3. The summed E-state index contributed by atoms with van der Waals surface area (Å²) in [6.45, 7) is 0. The molecule has 0 aliphatic carbocycles. The largest absolute Gasteiger partial charge is 0.440 e. The summed E-state index contributed by atoms with van der Waals surface area (Å²) in [6, 6.07) is 3.81. The van der Waals surface area contributed by atoms with Gasteiger partial charge >= 0.3 is 0 Å². The number of pyridine rings is 1. The van der Waals surface area contributed by atoms with Crippen LogP contribution >= 0.6 is 11.8 Å². The van der Waals surface area contributed by atoms with Gasteiger partial charge < -0.3 is 10.2 Å². The first-order chi connectivity index (χ1) is 6.86. The van der Waals surface area contributed by atoms with E-state index in [4.69, 9.17) is 10.2 Å². The second-order valence-corrected chi connectivity index (χ2v) is 3.56. The molecule has 0 fully saturated rings. The zero-order valence-corrected chi connectivity index (χ0v) is 8.20. The van der Waals surface area contributed by atoms with Gasteiger partial charge in [-0.25, -0.2) is 9.97 Å². The quantitative estimate of drug-likeness (QED) is 0.779. The van der Waals surface area contributed by atoms with Gasteiger partial charge in [-0.3, -0.25) is 0 Å². The summed E-state index contributed by atoms with van der Waals surface area (Å²) in [7, 11) is 0. The molecular weight excluding hydrogens is 198 g/mol. The van der Waals surface area contributed by atoms with E-state index in [0.717, 1.165) is 11.3 Å². The van der Waals surface area contributed by atoms with Gasteiger partial charge in [-0.15, -0.1) is 0 Å². The molecule has 0 radical (unpaired) electrons. The van der Waals surface area contributed by atoms with Crippen molar-refractivity contribution in [3.8, 4) is 0 Å². The van der Waals surface area contributed by atoms with Gasteiger partial charge in [0, 0.05) is 17.5 Å². The molecule has 2 rings (SSSR count). The first-order valence-corrected chi connectivity index (χ1v) is 5.06. The molecule has 5 heteroatoms. The van der Waals surface area contributed by atoms with Crippen molar-refractivity contribution in [2.45, 2.75) is 11.0 Å². The summed E-state index contributed by atoms with van der Waals surface area (Å²) in [5, 5.41) is 0.647. The molecule has 0 unspecified atom stereocenters. The van der Waals surface area contributed by atoms with Gasteiger partial charge in [0.15, 0.2) is 0 Å².